The Hall–Kier alpha value is -1.18. The van der Waals surface area contributed by atoms with Gasteiger partial charge in [0, 0.05) is 32.4 Å². The first-order chi connectivity index (χ1) is 9.51. The Morgan fingerprint density at radius 2 is 2.40 bits per heavy atom. The van der Waals surface area contributed by atoms with Crippen molar-refractivity contribution in [2.45, 2.75) is 12.6 Å². The lowest BCUT2D eigenvalue weighted by atomic mass is 10.1. The first kappa shape index (κ1) is 15.2. The van der Waals surface area contributed by atoms with E-state index in [0.29, 0.717) is 6.54 Å². The Morgan fingerprint density at radius 1 is 1.65 bits per heavy atom. The van der Waals surface area contributed by atoms with Crippen LogP contribution < -0.4 is 5.32 Å². The highest BCUT2D eigenvalue weighted by Gasteiger charge is 2.23. The third-order valence-electron chi connectivity index (χ3n) is 3.01. The van der Waals surface area contributed by atoms with Crippen LogP contribution in [0.3, 0.4) is 0 Å². The Morgan fingerprint density at radius 3 is 2.90 bits per heavy atom. The molecular formula is C13H17BrN4OS. The number of aryl methyl sites for hydroxylation is 1. The van der Waals surface area contributed by atoms with Gasteiger partial charge in [-0.3, -0.25) is 9.48 Å². The summed E-state index contributed by atoms with van der Waals surface area (Å²) in [6.07, 6.45) is 3.57. The smallest absolute Gasteiger partial charge is 0.244 e. The van der Waals surface area contributed by atoms with Crippen LogP contribution in [0.4, 0.5) is 0 Å². The number of carbonyl (C=O) groups excluding carboxylic acids is 1. The van der Waals surface area contributed by atoms with Gasteiger partial charge in [-0.1, -0.05) is 0 Å². The molecule has 0 saturated heterocycles. The molecule has 0 aliphatic rings. The Bertz CT molecular complexity index is 595. The minimum Gasteiger partial charge on any atom is -0.340 e. The van der Waals surface area contributed by atoms with E-state index in [0.717, 1.165) is 14.9 Å². The third-order valence-corrected chi connectivity index (χ3v) is 4.56. The van der Waals surface area contributed by atoms with Gasteiger partial charge in [0.1, 0.15) is 6.04 Å². The molecule has 0 aromatic carbocycles. The van der Waals surface area contributed by atoms with Crippen molar-refractivity contribution in [2.75, 3.05) is 14.1 Å². The highest BCUT2D eigenvalue weighted by atomic mass is 79.9. The fourth-order valence-corrected chi connectivity index (χ4v) is 3.22. The zero-order valence-corrected chi connectivity index (χ0v) is 14.0. The number of rotatable bonds is 5. The predicted molar refractivity (Wildman–Crippen MR) is 83.5 cm³/mol. The number of hydrogen-bond donors (Lipinski definition) is 1. The second kappa shape index (κ2) is 6.51. The number of nitrogens with one attached hydrogen (secondary N) is 1. The van der Waals surface area contributed by atoms with Gasteiger partial charge in [-0.25, -0.2) is 0 Å². The zero-order chi connectivity index (χ0) is 14.7. The molecule has 0 saturated carbocycles. The van der Waals surface area contributed by atoms with Gasteiger partial charge in [-0.05, 0) is 40.0 Å². The molecule has 2 heterocycles. The van der Waals surface area contributed by atoms with Gasteiger partial charge in [0.05, 0.1) is 9.98 Å². The van der Waals surface area contributed by atoms with Gasteiger partial charge in [-0.15, -0.1) is 11.3 Å². The summed E-state index contributed by atoms with van der Waals surface area (Å²) in [5.74, 6) is 0.0304. The molecule has 0 radical (unpaired) electrons. The van der Waals surface area contributed by atoms with E-state index in [9.17, 15) is 4.79 Å². The molecule has 1 unspecified atom stereocenters. The monoisotopic (exact) mass is 356 g/mol. The first-order valence-electron chi connectivity index (χ1n) is 6.15. The fraction of sp³-hybridized carbons (Fsp3) is 0.385. The minimum atomic E-state index is -0.365. The fourth-order valence-electron chi connectivity index (χ4n) is 2.02. The topological polar surface area (TPSA) is 50.2 Å². The molecule has 0 spiro atoms. The van der Waals surface area contributed by atoms with Crippen LogP contribution in [0, 0.1) is 0 Å². The molecule has 5 nitrogen and oxygen atoms in total. The maximum atomic E-state index is 12.5. The molecule has 7 heteroatoms. The van der Waals surface area contributed by atoms with Gasteiger partial charge in [-0.2, -0.15) is 5.10 Å². The van der Waals surface area contributed by atoms with Gasteiger partial charge >= 0.3 is 0 Å². The molecule has 0 aliphatic carbocycles. The standard InChI is InChI=1S/C13H17BrN4OS/c1-15-12(10-5-16-18(3)7-10)13(19)17(2)6-9-4-11(14)20-8-9/h4-5,7-8,12,15H,6H2,1-3H3. The number of amides is 1. The Balaban J connectivity index is 2.08. The summed E-state index contributed by atoms with van der Waals surface area (Å²) in [7, 11) is 5.44. The Labute approximate surface area is 130 Å². The number of nitrogens with zero attached hydrogens (tertiary/aromatic N) is 3. The van der Waals surface area contributed by atoms with Crippen molar-refractivity contribution in [3.63, 3.8) is 0 Å². The molecule has 2 rings (SSSR count). The minimum absolute atomic E-state index is 0.0304. The summed E-state index contributed by atoms with van der Waals surface area (Å²) in [6.45, 7) is 0.597. The van der Waals surface area contributed by atoms with Crippen molar-refractivity contribution in [2.24, 2.45) is 7.05 Å². The van der Waals surface area contributed by atoms with Crippen LogP contribution in [0.15, 0.2) is 27.6 Å². The lowest BCUT2D eigenvalue weighted by Gasteiger charge is -2.22. The number of carbonyl (C=O) groups is 1. The maximum Gasteiger partial charge on any atom is 0.244 e. The molecule has 20 heavy (non-hydrogen) atoms. The van der Waals surface area contributed by atoms with E-state index in [1.165, 1.54) is 0 Å². The summed E-state index contributed by atoms with van der Waals surface area (Å²) in [5, 5.41) is 9.22. The lowest BCUT2D eigenvalue weighted by molar-refractivity contribution is -0.132. The van der Waals surface area contributed by atoms with Crippen LogP contribution in [0.25, 0.3) is 0 Å². The van der Waals surface area contributed by atoms with E-state index in [1.807, 2.05) is 31.7 Å². The van der Waals surface area contributed by atoms with E-state index in [-0.39, 0.29) is 11.9 Å². The SMILES string of the molecule is CNC(C(=O)N(C)Cc1csc(Br)c1)c1cnn(C)c1. The maximum absolute atomic E-state index is 12.5. The second-order valence-electron chi connectivity index (χ2n) is 4.62. The highest BCUT2D eigenvalue weighted by molar-refractivity contribution is 9.11. The van der Waals surface area contributed by atoms with Crippen LogP contribution >= 0.6 is 27.3 Å². The number of aromatic nitrogens is 2. The van der Waals surface area contributed by atoms with E-state index in [4.69, 9.17) is 0 Å². The van der Waals surface area contributed by atoms with Crippen molar-refractivity contribution in [1.29, 1.82) is 0 Å². The summed E-state index contributed by atoms with van der Waals surface area (Å²) in [6, 6.07) is 1.67. The van der Waals surface area contributed by atoms with Crippen molar-refractivity contribution in [1.82, 2.24) is 20.0 Å². The van der Waals surface area contributed by atoms with Crippen molar-refractivity contribution in [3.8, 4) is 0 Å². The van der Waals surface area contributed by atoms with Crippen LogP contribution in [-0.4, -0.2) is 34.7 Å². The third kappa shape index (κ3) is 3.47. The van der Waals surface area contributed by atoms with Crippen LogP contribution in [0.1, 0.15) is 17.2 Å². The van der Waals surface area contributed by atoms with Crippen LogP contribution in [-0.2, 0) is 18.4 Å². The predicted octanol–water partition coefficient (Wildman–Crippen LogP) is 2.16. The van der Waals surface area contributed by atoms with Crippen LogP contribution in [0.5, 0.6) is 0 Å². The summed E-state index contributed by atoms with van der Waals surface area (Å²) in [4.78, 5) is 14.2. The first-order valence-corrected chi connectivity index (χ1v) is 7.82. The number of halogens is 1. The van der Waals surface area contributed by atoms with E-state index in [1.54, 1.807) is 34.2 Å². The average Bonchev–Trinajstić information content (AvgIpc) is 2.99. The van der Waals surface area contributed by atoms with Gasteiger partial charge < -0.3 is 10.2 Å². The van der Waals surface area contributed by atoms with Gasteiger partial charge in [0.2, 0.25) is 5.91 Å². The van der Waals surface area contributed by atoms with Gasteiger partial charge in [0.15, 0.2) is 0 Å². The van der Waals surface area contributed by atoms with Crippen molar-refractivity contribution in [3.05, 3.63) is 38.8 Å². The molecule has 1 atom stereocenters. The lowest BCUT2D eigenvalue weighted by Crippen LogP contribution is -2.36. The van der Waals surface area contributed by atoms with E-state index >= 15 is 0 Å². The normalized spacial score (nSPS) is 12.4. The molecule has 1 amide bonds. The number of hydrogen-bond acceptors (Lipinski definition) is 4. The molecule has 108 valence electrons. The molecular weight excluding hydrogens is 340 g/mol. The number of likely N-dealkylation sites (N-methyl/N-ethyl adjacent to an activating group) is 2. The summed E-state index contributed by atoms with van der Waals surface area (Å²) in [5.41, 5.74) is 2.00. The molecule has 2 aromatic heterocycles. The second-order valence-corrected chi connectivity index (χ2v) is 6.91. The van der Waals surface area contributed by atoms with Gasteiger partial charge in [0.25, 0.3) is 0 Å². The largest absolute Gasteiger partial charge is 0.340 e. The molecule has 2 aromatic rings. The summed E-state index contributed by atoms with van der Waals surface area (Å²) >= 11 is 5.05. The Kier molecular flexibility index (Phi) is 4.95. The zero-order valence-electron chi connectivity index (χ0n) is 11.6. The average molecular weight is 357 g/mol. The molecule has 0 bridgehead atoms. The van der Waals surface area contributed by atoms with E-state index < -0.39 is 0 Å². The van der Waals surface area contributed by atoms with Crippen LogP contribution in [0.2, 0.25) is 0 Å². The quantitative estimate of drug-likeness (QED) is 0.892. The molecule has 0 aliphatic heterocycles. The number of thiophene rings is 1. The molecule has 0 fully saturated rings. The summed E-state index contributed by atoms with van der Waals surface area (Å²) < 4.78 is 2.77. The van der Waals surface area contributed by atoms with Crippen molar-refractivity contribution >= 4 is 33.2 Å². The highest BCUT2D eigenvalue weighted by Crippen LogP contribution is 2.22. The van der Waals surface area contributed by atoms with Crippen molar-refractivity contribution < 1.29 is 4.79 Å². The molecule has 1 N–H and O–H groups in total. The van der Waals surface area contributed by atoms with E-state index in [2.05, 4.69) is 26.3 Å².